The lowest BCUT2D eigenvalue weighted by molar-refractivity contribution is -0.114. The van der Waals surface area contributed by atoms with Crippen molar-refractivity contribution in [1.29, 1.82) is 0 Å². The van der Waals surface area contributed by atoms with E-state index < -0.39 is 7.37 Å². The van der Waals surface area contributed by atoms with Crippen LogP contribution in [-0.4, -0.2) is 29.6 Å². The molecule has 0 bridgehead atoms. The molecule has 1 heterocycles. The highest BCUT2D eigenvalue weighted by Crippen LogP contribution is 2.39. The van der Waals surface area contributed by atoms with Crippen LogP contribution in [0.15, 0.2) is 72.9 Å². The summed E-state index contributed by atoms with van der Waals surface area (Å²) >= 11 is 0. The zero-order valence-corrected chi connectivity index (χ0v) is 19.8. The van der Waals surface area contributed by atoms with E-state index in [1.807, 2.05) is 30.3 Å². The first kappa shape index (κ1) is 23.3. The van der Waals surface area contributed by atoms with E-state index in [9.17, 15) is 14.3 Å². The predicted molar refractivity (Wildman–Crippen MR) is 134 cm³/mol. The molecule has 0 aliphatic carbocycles. The highest BCUT2D eigenvalue weighted by Gasteiger charge is 2.19. The highest BCUT2D eigenvalue weighted by atomic mass is 31.2. The number of hydrogen-bond acceptors (Lipinski definition) is 6. The molecule has 0 aliphatic rings. The summed E-state index contributed by atoms with van der Waals surface area (Å²) in [4.78, 5) is 25.8. The van der Waals surface area contributed by atoms with Crippen LogP contribution in [0.25, 0.3) is 10.8 Å². The molecule has 34 heavy (non-hydrogen) atoms. The molecule has 0 radical (unpaired) electrons. The van der Waals surface area contributed by atoms with E-state index in [4.69, 9.17) is 9.47 Å². The van der Waals surface area contributed by atoms with Gasteiger partial charge in [0.1, 0.15) is 23.1 Å². The van der Waals surface area contributed by atoms with E-state index >= 15 is 0 Å². The van der Waals surface area contributed by atoms with Crippen LogP contribution in [0, 0.1) is 0 Å². The number of nitrogens with one attached hydrogen (secondary N) is 2. The summed E-state index contributed by atoms with van der Waals surface area (Å²) in [5.41, 5.74) is 1.35. The molecular weight excluding hydrogens is 453 g/mol. The number of ether oxygens (including phenoxy) is 2. The average molecular weight is 477 g/mol. The standard InChI is InChI=1S/C25H24N3O5P/c1-16(29)27-21-9-10-22(20-7-5-4-6-19(20)21)33-18-12-13-26-25(15-18)28-17-8-11-24(34(3,30)31)23(14-17)32-2/h4-15H,1-3H3,(H,26,28)(H,27,29)(H,30,31). The number of carbonyl (C=O) groups is 1. The summed E-state index contributed by atoms with van der Waals surface area (Å²) in [6.07, 6.45) is 1.62. The second-order valence-corrected chi connectivity index (χ2v) is 9.95. The maximum absolute atomic E-state index is 12.1. The first-order chi connectivity index (χ1) is 16.2. The van der Waals surface area contributed by atoms with E-state index in [1.54, 1.807) is 42.6 Å². The molecule has 3 aromatic carbocycles. The number of aromatic nitrogens is 1. The number of benzene rings is 3. The number of hydrogen-bond donors (Lipinski definition) is 3. The third-order valence-electron chi connectivity index (χ3n) is 5.05. The number of nitrogens with zero attached hydrogens (tertiary/aromatic N) is 1. The third kappa shape index (κ3) is 5.20. The Balaban J connectivity index is 1.60. The first-order valence-electron chi connectivity index (χ1n) is 10.4. The number of methoxy groups -OCH3 is 1. The van der Waals surface area contributed by atoms with Crippen molar-refractivity contribution in [3.8, 4) is 17.2 Å². The fraction of sp³-hybridized carbons (Fsp3) is 0.120. The molecule has 0 fully saturated rings. The molecule has 9 heteroatoms. The van der Waals surface area contributed by atoms with E-state index in [1.165, 1.54) is 20.7 Å². The number of pyridine rings is 1. The fourth-order valence-corrected chi connectivity index (χ4v) is 4.49. The van der Waals surface area contributed by atoms with Gasteiger partial charge in [0.2, 0.25) is 13.3 Å². The smallest absolute Gasteiger partial charge is 0.230 e. The lowest BCUT2D eigenvalue weighted by Crippen LogP contribution is -2.08. The van der Waals surface area contributed by atoms with Crippen molar-refractivity contribution in [2.24, 2.45) is 0 Å². The normalized spacial score (nSPS) is 12.6. The van der Waals surface area contributed by atoms with Crippen molar-refractivity contribution in [3.63, 3.8) is 0 Å². The van der Waals surface area contributed by atoms with Gasteiger partial charge in [0.15, 0.2) is 0 Å². The van der Waals surface area contributed by atoms with Gasteiger partial charge in [-0.15, -0.1) is 0 Å². The monoisotopic (exact) mass is 477 g/mol. The molecule has 3 N–H and O–H groups in total. The largest absolute Gasteiger partial charge is 0.496 e. The van der Waals surface area contributed by atoms with E-state index in [0.29, 0.717) is 34.4 Å². The highest BCUT2D eigenvalue weighted by molar-refractivity contribution is 7.65. The zero-order chi connectivity index (χ0) is 24.3. The Bertz CT molecular complexity index is 1420. The molecule has 0 saturated heterocycles. The fourth-order valence-electron chi connectivity index (χ4n) is 3.58. The molecule has 174 valence electrons. The lowest BCUT2D eigenvalue weighted by Gasteiger charge is -2.15. The molecule has 8 nitrogen and oxygen atoms in total. The first-order valence-corrected chi connectivity index (χ1v) is 12.5. The second kappa shape index (κ2) is 9.55. The number of anilines is 3. The van der Waals surface area contributed by atoms with E-state index in [2.05, 4.69) is 15.6 Å². The average Bonchev–Trinajstić information content (AvgIpc) is 2.80. The molecule has 4 aromatic rings. The van der Waals surface area contributed by atoms with Crippen LogP contribution < -0.4 is 25.4 Å². The molecule has 1 amide bonds. The van der Waals surface area contributed by atoms with Crippen LogP contribution >= 0.6 is 7.37 Å². The van der Waals surface area contributed by atoms with Gasteiger partial charge in [-0.1, -0.05) is 24.3 Å². The quantitative estimate of drug-likeness (QED) is 0.311. The Morgan fingerprint density at radius 3 is 2.47 bits per heavy atom. The van der Waals surface area contributed by atoms with Gasteiger partial charge < -0.3 is 25.0 Å². The molecular formula is C25H24N3O5P. The van der Waals surface area contributed by atoms with Gasteiger partial charge >= 0.3 is 0 Å². The Hall–Kier alpha value is -3.87. The summed E-state index contributed by atoms with van der Waals surface area (Å²) in [6, 6.07) is 19.7. The van der Waals surface area contributed by atoms with Gasteiger partial charge in [0.25, 0.3) is 0 Å². The second-order valence-electron chi connectivity index (χ2n) is 7.71. The van der Waals surface area contributed by atoms with Gasteiger partial charge in [0, 0.05) is 54.1 Å². The molecule has 1 unspecified atom stereocenters. The van der Waals surface area contributed by atoms with E-state index in [-0.39, 0.29) is 11.2 Å². The maximum atomic E-state index is 12.1. The Kier molecular flexibility index (Phi) is 6.54. The molecule has 1 aromatic heterocycles. The van der Waals surface area contributed by atoms with Crippen LogP contribution in [0.5, 0.6) is 17.2 Å². The van der Waals surface area contributed by atoms with Crippen LogP contribution in [0.3, 0.4) is 0 Å². The molecule has 0 aliphatic heterocycles. The summed E-state index contributed by atoms with van der Waals surface area (Å²) < 4.78 is 23.5. The van der Waals surface area contributed by atoms with E-state index in [0.717, 1.165) is 10.8 Å². The van der Waals surface area contributed by atoms with Gasteiger partial charge in [-0.3, -0.25) is 9.36 Å². The Morgan fingerprint density at radius 2 is 1.76 bits per heavy atom. The third-order valence-corrected chi connectivity index (χ3v) is 6.32. The van der Waals surface area contributed by atoms with Crippen molar-refractivity contribution < 1.29 is 23.7 Å². The van der Waals surface area contributed by atoms with Crippen LogP contribution in [0.4, 0.5) is 17.2 Å². The van der Waals surface area contributed by atoms with Crippen molar-refractivity contribution in [2.45, 2.75) is 6.92 Å². The van der Waals surface area contributed by atoms with Crippen LogP contribution in [-0.2, 0) is 9.36 Å². The van der Waals surface area contributed by atoms with Crippen LogP contribution in [0.1, 0.15) is 6.92 Å². The molecule has 0 saturated carbocycles. The SMILES string of the molecule is COc1cc(Nc2cc(Oc3ccc(NC(C)=O)c4ccccc34)ccn2)ccc1P(C)(=O)O. The number of rotatable bonds is 7. The summed E-state index contributed by atoms with van der Waals surface area (Å²) in [5.74, 6) is 1.89. The maximum Gasteiger partial charge on any atom is 0.230 e. The summed E-state index contributed by atoms with van der Waals surface area (Å²) in [5, 5.41) is 7.97. The number of fused-ring (bicyclic) bond motifs is 1. The van der Waals surface area contributed by atoms with Gasteiger partial charge in [-0.2, -0.15) is 0 Å². The lowest BCUT2D eigenvalue weighted by atomic mass is 10.1. The van der Waals surface area contributed by atoms with Crippen LogP contribution in [0.2, 0.25) is 0 Å². The minimum absolute atomic E-state index is 0.144. The van der Waals surface area contributed by atoms with Crippen molar-refractivity contribution in [3.05, 3.63) is 72.9 Å². The summed E-state index contributed by atoms with van der Waals surface area (Å²) in [6.45, 7) is 2.74. The van der Waals surface area contributed by atoms with Gasteiger partial charge in [0.05, 0.1) is 12.4 Å². The number of amides is 1. The predicted octanol–water partition coefficient (Wildman–Crippen LogP) is 5.26. The van der Waals surface area contributed by atoms with Gasteiger partial charge in [-0.25, -0.2) is 4.98 Å². The Labute approximate surface area is 197 Å². The minimum Gasteiger partial charge on any atom is -0.496 e. The van der Waals surface area contributed by atoms with Gasteiger partial charge in [-0.05, 0) is 30.3 Å². The van der Waals surface area contributed by atoms with Crippen molar-refractivity contribution in [1.82, 2.24) is 4.98 Å². The molecule has 4 rings (SSSR count). The molecule has 1 atom stereocenters. The topological polar surface area (TPSA) is 110 Å². The van der Waals surface area contributed by atoms with Crippen molar-refractivity contribution in [2.75, 3.05) is 24.4 Å². The zero-order valence-electron chi connectivity index (χ0n) is 18.9. The van der Waals surface area contributed by atoms with Crippen molar-refractivity contribution >= 4 is 46.5 Å². The Morgan fingerprint density at radius 1 is 1.00 bits per heavy atom. The molecule has 0 spiro atoms. The number of carbonyl (C=O) groups excluding carboxylic acids is 1. The summed E-state index contributed by atoms with van der Waals surface area (Å²) in [7, 11) is -2.01. The minimum atomic E-state index is -3.46.